The van der Waals surface area contributed by atoms with Crippen LogP contribution >= 0.6 is 9.39 Å². The van der Waals surface area contributed by atoms with Crippen molar-refractivity contribution in [2.24, 2.45) is 0 Å². The van der Waals surface area contributed by atoms with Crippen molar-refractivity contribution in [1.82, 2.24) is 0 Å². The van der Waals surface area contributed by atoms with E-state index in [2.05, 4.69) is 76.4 Å². The number of hydrogen-bond acceptors (Lipinski definition) is 1. The molecular weight excluding hydrogens is 213 g/mol. The van der Waals surface area contributed by atoms with Gasteiger partial charge in [0.25, 0.3) is 0 Å². The van der Waals surface area contributed by atoms with Crippen molar-refractivity contribution in [1.29, 1.82) is 0 Å². The maximum absolute atomic E-state index is 2.79. The maximum atomic E-state index is 2.79. The van der Waals surface area contributed by atoms with Crippen molar-refractivity contribution in [3.63, 3.8) is 0 Å². The van der Waals surface area contributed by atoms with Crippen LogP contribution in [0.5, 0.6) is 0 Å². The van der Waals surface area contributed by atoms with E-state index in [9.17, 15) is 0 Å². The molecule has 2 aromatic carbocycles. The van der Waals surface area contributed by atoms with Gasteiger partial charge in [-0.1, -0.05) is 36.4 Å². The van der Waals surface area contributed by atoms with E-state index in [1.54, 1.807) is 0 Å². The summed E-state index contributed by atoms with van der Waals surface area (Å²) in [5.74, 6) is 0. The zero-order valence-electron chi connectivity index (χ0n) is 9.64. The molecule has 2 heteroatoms. The predicted octanol–water partition coefficient (Wildman–Crippen LogP) is 4.23. The van der Waals surface area contributed by atoms with Gasteiger partial charge < -0.3 is 4.67 Å². The Bertz CT molecular complexity index is 448. The van der Waals surface area contributed by atoms with Crippen LogP contribution in [0.25, 0.3) is 0 Å². The van der Waals surface area contributed by atoms with E-state index in [1.807, 2.05) is 0 Å². The number of para-hydroxylation sites is 2. The lowest BCUT2D eigenvalue weighted by Crippen LogP contribution is -2.04. The van der Waals surface area contributed by atoms with Crippen molar-refractivity contribution in [3.05, 3.63) is 59.7 Å². The minimum absolute atomic E-state index is 1.22. The molecule has 0 aliphatic heterocycles. The number of rotatable bonds is 2. The second-order valence-corrected chi connectivity index (χ2v) is 4.46. The summed E-state index contributed by atoms with van der Waals surface area (Å²) in [4.78, 5) is 0. The SMILES string of the molecule is Cc1ccccc1N(P)c1ccccc1C. The van der Waals surface area contributed by atoms with Crippen LogP contribution in [-0.2, 0) is 0 Å². The molecule has 0 saturated heterocycles. The van der Waals surface area contributed by atoms with Gasteiger partial charge in [-0.05, 0) is 46.5 Å². The zero-order valence-corrected chi connectivity index (χ0v) is 10.8. The number of anilines is 2. The van der Waals surface area contributed by atoms with Crippen LogP contribution in [0, 0.1) is 13.8 Å². The first kappa shape index (κ1) is 11.2. The Morgan fingerprint density at radius 2 is 1.12 bits per heavy atom. The monoisotopic (exact) mass is 229 g/mol. The molecule has 0 aliphatic rings. The second-order valence-electron chi connectivity index (χ2n) is 3.94. The first-order chi connectivity index (χ1) is 7.70. The summed E-state index contributed by atoms with van der Waals surface area (Å²) in [6, 6.07) is 16.8. The fraction of sp³-hybridized carbons (Fsp3) is 0.143. The standard InChI is InChI=1S/C14H16NP/c1-11-7-3-5-9-13(11)15(16)14-10-6-4-8-12(14)2/h3-10H,16H2,1-2H3. The molecule has 1 atom stereocenters. The van der Waals surface area contributed by atoms with E-state index in [0.29, 0.717) is 0 Å². The van der Waals surface area contributed by atoms with Crippen LogP contribution in [-0.4, -0.2) is 0 Å². The maximum Gasteiger partial charge on any atom is 0.0470 e. The molecule has 0 heterocycles. The molecule has 0 bridgehead atoms. The van der Waals surface area contributed by atoms with Crippen molar-refractivity contribution in [3.8, 4) is 0 Å². The van der Waals surface area contributed by atoms with Gasteiger partial charge in [-0.2, -0.15) is 0 Å². The average Bonchev–Trinajstić information content (AvgIpc) is 2.29. The first-order valence-electron chi connectivity index (χ1n) is 5.36. The fourth-order valence-corrected chi connectivity index (χ4v) is 2.38. The van der Waals surface area contributed by atoms with Gasteiger partial charge in [-0.15, -0.1) is 0 Å². The third kappa shape index (κ3) is 2.10. The largest absolute Gasteiger partial charge is 0.325 e. The Hall–Kier alpha value is -1.33. The Morgan fingerprint density at radius 1 is 0.750 bits per heavy atom. The molecule has 16 heavy (non-hydrogen) atoms. The highest BCUT2D eigenvalue weighted by Crippen LogP contribution is 2.33. The smallest absolute Gasteiger partial charge is 0.0470 e. The van der Waals surface area contributed by atoms with Gasteiger partial charge in [0, 0.05) is 11.4 Å². The van der Waals surface area contributed by atoms with Crippen molar-refractivity contribution < 1.29 is 0 Å². The normalized spacial score (nSPS) is 10.2. The van der Waals surface area contributed by atoms with Gasteiger partial charge in [-0.25, -0.2) is 0 Å². The molecular formula is C14H16NP. The topological polar surface area (TPSA) is 3.24 Å². The summed E-state index contributed by atoms with van der Waals surface area (Å²) < 4.78 is 2.16. The van der Waals surface area contributed by atoms with Gasteiger partial charge in [0.05, 0.1) is 0 Å². The highest BCUT2D eigenvalue weighted by atomic mass is 31.0. The fourth-order valence-electron chi connectivity index (χ4n) is 1.80. The summed E-state index contributed by atoms with van der Waals surface area (Å²) in [5, 5.41) is 0. The summed E-state index contributed by atoms with van der Waals surface area (Å²) in [6.45, 7) is 4.26. The van der Waals surface area contributed by atoms with Crippen LogP contribution in [0.2, 0.25) is 0 Å². The Labute approximate surface area is 99.4 Å². The molecule has 0 spiro atoms. The molecule has 0 aliphatic carbocycles. The number of aryl methyl sites for hydroxylation is 2. The molecule has 0 aromatic heterocycles. The van der Waals surface area contributed by atoms with Gasteiger partial charge in [0.1, 0.15) is 0 Å². The average molecular weight is 229 g/mol. The molecule has 0 radical (unpaired) electrons. The molecule has 1 unspecified atom stereocenters. The third-order valence-electron chi connectivity index (χ3n) is 2.75. The molecule has 0 amide bonds. The first-order valence-corrected chi connectivity index (χ1v) is 5.88. The lowest BCUT2D eigenvalue weighted by Gasteiger charge is -2.22. The van der Waals surface area contributed by atoms with E-state index in [-0.39, 0.29) is 0 Å². The van der Waals surface area contributed by atoms with Gasteiger partial charge in [-0.3, -0.25) is 0 Å². The van der Waals surface area contributed by atoms with Gasteiger partial charge in [0.15, 0.2) is 0 Å². The number of nitrogens with zero attached hydrogens (tertiary/aromatic N) is 1. The minimum Gasteiger partial charge on any atom is -0.325 e. The summed E-state index contributed by atoms with van der Waals surface area (Å²) in [5.41, 5.74) is 5.00. The van der Waals surface area contributed by atoms with Crippen LogP contribution < -0.4 is 4.67 Å². The van der Waals surface area contributed by atoms with Crippen LogP contribution in [0.3, 0.4) is 0 Å². The zero-order chi connectivity index (χ0) is 11.5. The summed E-state index contributed by atoms with van der Waals surface area (Å²) in [6.07, 6.45) is 0. The van der Waals surface area contributed by atoms with Crippen LogP contribution in [0.4, 0.5) is 11.4 Å². The number of benzene rings is 2. The van der Waals surface area contributed by atoms with Crippen molar-refractivity contribution in [2.45, 2.75) is 13.8 Å². The minimum atomic E-state index is 1.22. The molecule has 0 saturated carbocycles. The van der Waals surface area contributed by atoms with Gasteiger partial charge >= 0.3 is 0 Å². The molecule has 2 aromatic rings. The molecule has 0 fully saturated rings. The quantitative estimate of drug-likeness (QED) is 0.696. The molecule has 1 nitrogen and oxygen atoms in total. The Kier molecular flexibility index (Phi) is 3.26. The van der Waals surface area contributed by atoms with E-state index in [4.69, 9.17) is 0 Å². The summed E-state index contributed by atoms with van der Waals surface area (Å²) >= 11 is 0. The Morgan fingerprint density at radius 3 is 1.50 bits per heavy atom. The lowest BCUT2D eigenvalue weighted by molar-refractivity contribution is 1.32. The van der Waals surface area contributed by atoms with E-state index in [0.717, 1.165) is 0 Å². The van der Waals surface area contributed by atoms with E-state index < -0.39 is 0 Å². The number of hydrogen-bond donors (Lipinski definition) is 0. The molecule has 82 valence electrons. The van der Waals surface area contributed by atoms with Crippen LogP contribution in [0.1, 0.15) is 11.1 Å². The van der Waals surface area contributed by atoms with E-state index in [1.165, 1.54) is 22.5 Å². The molecule has 2 rings (SSSR count). The van der Waals surface area contributed by atoms with Crippen molar-refractivity contribution in [2.75, 3.05) is 4.67 Å². The third-order valence-corrected chi connectivity index (χ3v) is 3.31. The lowest BCUT2D eigenvalue weighted by atomic mass is 10.1. The highest BCUT2D eigenvalue weighted by Gasteiger charge is 2.07. The Balaban J connectivity index is 2.44. The van der Waals surface area contributed by atoms with Crippen molar-refractivity contribution >= 4 is 20.8 Å². The molecule has 0 N–H and O–H groups in total. The van der Waals surface area contributed by atoms with Crippen LogP contribution in [0.15, 0.2) is 48.5 Å². The van der Waals surface area contributed by atoms with E-state index >= 15 is 0 Å². The highest BCUT2D eigenvalue weighted by molar-refractivity contribution is 7.20. The second kappa shape index (κ2) is 4.67. The predicted molar refractivity (Wildman–Crippen MR) is 74.2 cm³/mol. The summed E-state index contributed by atoms with van der Waals surface area (Å²) in [7, 11) is 2.79. The van der Waals surface area contributed by atoms with Gasteiger partial charge in [0.2, 0.25) is 0 Å².